The third kappa shape index (κ3) is 3.73. The van der Waals surface area contributed by atoms with Gasteiger partial charge in [0, 0.05) is 13.0 Å². The van der Waals surface area contributed by atoms with E-state index in [-0.39, 0.29) is 11.5 Å². The van der Waals surface area contributed by atoms with E-state index in [1.807, 2.05) is 6.92 Å². The van der Waals surface area contributed by atoms with Crippen molar-refractivity contribution in [3.63, 3.8) is 0 Å². The van der Waals surface area contributed by atoms with Crippen molar-refractivity contribution in [2.24, 2.45) is 0 Å². The molecule has 0 fully saturated rings. The fourth-order valence-corrected chi connectivity index (χ4v) is 1.28. The van der Waals surface area contributed by atoms with Gasteiger partial charge in [-0.1, -0.05) is 19.1 Å². The molecule has 0 radical (unpaired) electrons. The van der Waals surface area contributed by atoms with Gasteiger partial charge in [0.2, 0.25) is 5.91 Å². The average molecular weight is 221 g/mol. The number of hydrogen-bond donors (Lipinski definition) is 2. The third-order valence-electron chi connectivity index (χ3n) is 2.17. The lowest BCUT2D eigenvalue weighted by Gasteiger charge is -2.04. The van der Waals surface area contributed by atoms with Crippen molar-refractivity contribution in [1.82, 2.24) is 5.32 Å². The van der Waals surface area contributed by atoms with E-state index >= 15 is 0 Å². The Morgan fingerprint density at radius 2 is 1.88 bits per heavy atom. The van der Waals surface area contributed by atoms with E-state index in [0.29, 0.717) is 13.0 Å². The number of benzene rings is 1. The van der Waals surface area contributed by atoms with Gasteiger partial charge in [0.25, 0.3) is 0 Å². The third-order valence-corrected chi connectivity index (χ3v) is 2.17. The highest BCUT2D eigenvalue weighted by atomic mass is 16.4. The molecule has 2 N–H and O–H groups in total. The minimum absolute atomic E-state index is 0.0183. The molecule has 0 atom stereocenters. The molecular weight excluding hydrogens is 206 g/mol. The smallest absolute Gasteiger partial charge is 0.335 e. The molecule has 1 amide bonds. The van der Waals surface area contributed by atoms with Crippen molar-refractivity contribution in [1.29, 1.82) is 0 Å². The molecule has 0 aromatic heterocycles. The van der Waals surface area contributed by atoms with E-state index in [0.717, 1.165) is 12.0 Å². The number of carboxylic acids is 1. The Bertz CT molecular complexity index is 370. The number of carbonyl (C=O) groups excluding carboxylic acids is 1. The van der Waals surface area contributed by atoms with Crippen LogP contribution in [0.15, 0.2) is 24.3 Å². The summed E-state index contributed by atoms with van der Waals surface area (Å²) in [5.74, 6) is -0.925. The minimum atomic E-state index is -0.943. The van der Waals surface area contributed by atoms with Gasteiger partial charge in [-0.15, -0.1) is 0 Å². The maximum Gasteiger partial charge on any atom is 0.335 e. The van der Waals surface area contributed by atoms with Gasteiger partial charge in [0.15, 0.2) is 0 Å². The van der Waals surface area contributed by atoms with E-state index < -0.39 is 5.97 Å². The summed E-state index contributed by atoms with van der Waals surface area (Å²) in [5.41, 5.74) is 1.15. The lowest BCUT2D eigenvalue weighted by molar-refractivity contribution is -0.121. The van der Waals surface area contributed by atoms with Gasteiger partial charge in [-0.3, -0.25) is 4.79 Å². The number of nitrogens with one attached hydrogen (secondary N) is 1. The quantitative estimate of drug-likeness (QED) is 0.796. The Labute approximate surface area is 94.3 Å². The lowest BCUT2D eigenvalue weighted by atomic mass is 10.1. The molecule has 0 aliphatic rings. The van der Waals surface area contributed by atoms with Gasteiger partial charge >= 0.3 is 5.97 Å². The summed E-state index contributed by atoms with van der Waals surface area (Å²) in [5, 5.41) is 11.5. The molecule has 16 heavy (non-hydrogen) atoms. The average Bonchev–Trinajstić information content (AvgIpc) is 2.27. The summed E-state index contributed by atoms with van der Waals surface area (Å²) in [4.78, 5) is 21.8. The molecule has 1 rings (SSSR count). The first-order chi connectivity index (χ1) is 7.63. The molecule has 0 aliphatic heterocycles. The largest absolute Gasteiger partial charge is 0.478 e. The van der Waals surface area contributed by atoms with Crippen molar-refractivity contribution in [3.05, 3.63) is 35.4 Å². The first kappa shape index (κ1) is 12.2. The molecule has 0 bridgehead atoms. The number of carboxylic acid groups (broad SMARTS) is 1. The van der Waals surface area contributed by atoms with Crippen LogP contribution >= 0.6 is 0 Å². The van der Waals surface area contributed by atoms with Crippen LogP contribution in [-0.4, -0.2) is 17.0 Å². The second-order valence-corrected chi connectivity index (χ2v) is 3.53. The van der Waals surface area contributed by atoms with Crippen LogP contribution in [0.5, 0.6) is 0 Å². The number of rotatable bonds is 5. The zero-order valence-corrected chi connectivity index (χ0v) is 9.19. The van der Waals surface area contributed by atoms with E-state index in [1.165, 1.54) is 12.1 Å². The van der Waals surface area contributed by atoms with Gasteiger partial charge in [0.1, 0.15) is 0 Å². The van der Waals surface area contributed by atoms with Crippen LogP contribution < -0.4 is 5.32 Å². The molecule has 0 aliphatic carbocycles. The Balaban J connectivity index is 2.49. The Kier molecular flexibility index (Phi) is 4.51. The molecular formula is C12H15NO3. The number of carbonyl (C=O) groups is 2. The van der Waals surface area contributed by atoms with Crippen molar-refractivity contribution in [3.8, 4) is 0 Å². The monoisotopic (exact) mass is 221 g/mol. The molecule has 0 saturated heterocycles. The fraction of sp³-hybridized carbons (Fsp3) is 0.333. The second kappa shape index (κ2) is 5.90. The molecule has 1 aromatic rings. The van der Waals surface area contributed by atoms with Crippen LogP contribution in [-0.2, 0) is 11.3 Å². The number of aromatic carboxylic acids is 1. The summed E-state index contributed by atoms with van der Waals surface area (Å²) in [6.07, 6.45) is 1.34. The predicted molar refractivity (Wildman–Crippen MR) is 60.2 cm³/mol. The van der Waals surface area contributed by atoms with Crippen molar-refractivity contribution in [2.75, 3.05) is 0 Å². The van der Waals surface area contributed by atoms with E-state index in [1.54, 1.807) is 12.1 Å². The second-order valence-electron chi connectivity index (χ2n) is 3.53. The highest BCUT2D eigenvalue weighted by molar-refractivity contribution is 5.87. The van der Waals surface area contributed by atoms with Crippen LogP contribution in [0.1, 0.15) is 35.7 Å². The summed E-state index contributed by atoms with van der Waals surface area (Å²) in [6.45, 7) is 2.39. The zero-order chi connectivity index (χ0) is 12.0. The Morgan fingerprint density at radius 3 is 2.38 bits per heavy atom. The van der Waals surface area contributed by atoms with Crippen molar-refractivity contribution >= 4 is 11.9 Å². The summed E-state index contributed by atoms with van der Waals surface area (Å²) < 4.78 is 0. The van der Waals surface area contributed by atoms with E-state index in [9.17, 15) is 9.59 Å². The molecule has 1 aromatic carbocycles. The minimum Gasteiger partial charge on any atom is -0.478 e. The van der Waals surface area contributed by atoms with Crippen molar-refractivity contribution < 1.29 is 14.7 Å². The summed E-state index contributed by atoms with van der Waals surface area (Å²) in [6, 6.07) is 6.47. The molecule has 0 saturated carbocycles. The molecule has 4 heteroatoms. The first-order valence-electron chi connectivity index (χ1n) is 5.22. The summed E-state index contributed by atoms with van der Waals surface area (Å²) in [7, 11) is 0. The lowest BCUT2D eigenvalue weighted by Crippen LogP contribution is -2.22. The number of amides is 1. The van der Waals surface area contributed by atoms with Gasteiger partial charge in [-0.2, -0.15) is 0 Å². The van der Waals surface area contributed by atoms with Gasteiger partial charge in [-0.05, 0) is 24.1 Å². The Morgan fingerprint density at radius 1 is 1.25 bits per heavy atom. The van der Waals surface area contributed by atoms with Crippen LogP contribution in [0.2, 0.25) is 0 Å². The van der Waals surface area contributed by atoms with Crippen LogP contribution in [0.3, 0.4) is 0 Å². The first-order valence-corrected chi connectivity index (χ1v) is 5.22. The predicted octanol–water partition coefficient (Wildman–Crippen LogP) is 1.80. The van der Waals surface area contributed by atoms with Crippen LogP contribution in [0, 0.1) is 0 Å². The highest BCUT2D eigenvalue weighted by Crippen LogP contribution is 2.04. The van der Waals surface area contributed by atoms with Gasteiger partial charge in [0.05, 0.1) is 5.56 Å². The topological polar surface area (TPSA) is 66.4 Å². The van der Waals surface area contributed by atoms with Crippen molar-refractivity contribution in [2.45, 2.75) is 26.3 Å². The van der Waals surface area contributed by atoms with Gasteiger partial charge in [-0.25, -0.2) is 4.79 Å². The zero-order valence-electron chi connectivity index (χ0n) is 9.19. The number of hydrogen-bond acceptors (Lipinski definition) is 2. The normalized spacial score (nSPS) is 9.81. The molecule has 86 valence electrons. The molecule has 4 nitrogen and oxygen atoms in total. The maximum absolute atomic E-state index is 11.2. The standard InChI is InChI=1S/C12H15NO3/c1-2-3-11(14)13-8-9-4-6-10(7-5-9)12(15)16/h4-7H,2-3,8H2,1H3,(H,13,14)(H,15,16). The van der Waals surface area contributed by atoms with E-state index in [4.69, 9.17) is 5.11 Å². The van der Waals surface area contributed by atoms with Crippen LogP contribution in [0.25, 0.3) is 0 Å². The maximum atomic E-state index is 11.2. The fourth-order valence-electron chi connectivity index (χ4n) is 1.28. The molecule has 0 unspecified atom stereocenters. The molecule has 0 heterocycles. The van der Waals surface area contributed by atoms with E-state index in [2.05, 4.69) is 5.32 Å². The Hall–Kier alpha value is -1.84. The SMILES string of the molecule is CCCC(=O)NCc1ccc(C(=O)O)cc1. The van der Waals surface area contributed by atoms with Crippen LogP contribution in [0.4, 0.5) is 0 Å². The summed E-state index contributed by atoms with van der Waals surface area (Å²) >= 11 is 0. The molecule has 0 spiro atoms. The highest BCUT2D eigenvalue weighted by Gasteiger charge is 2.02. The van der Waals surface area contributed by atoms with Gasteiger partial charge < -0.3 is 10.4 Å².